The third-order valence-corrected chi connectivity index (χ3v) is 6.58. The topological polar surface area (TPSA) is 56.1 Å². The zero-order valence-corrected chi connectivity index (χ0v) is 17.8. The van der Waals surface area contributed by atoms with Crippen LogP contribution in [-0.2, 0) is 26.1 Å². The van der Waals surface area contributed by atoms with Crippen LogP contribution in [0.1, 0.15) is 42.8 Å². The van der Waals surface area contributed by atoms with Crippen LogP contribution in [-0.4, -0.2) is 41.9 Å². The minimum absolute atomic E-state index is 0. The normalized spacial score (nSPS) is 17.4. The van der Waals surface area contributed by atoms with Gasteiger partial charge in [0.1, 0.15) is 12.5 Å². The van der Waals surface area contributed by atoms with Gasteiger partial charge in [0, 0.05) is 30.2 Å². The Labute approximate surface area is 183 Å². The van der Waals surface area contributed by atoms with E-state index in [9.17, 15) is 5.11 Å². The number of nitrogens with zero attached hydrogens (tertiary/aromatic N) is 2. The summed E-state index contributed by atoms with van der Waals surface area (Å²) in [5, 5.41) is 11.3. The summed E-state index contributed by atoms with van der Waals surface area (Å²) in [6.45, 7) is 4.41. The van der Waals surface area contributed by atoms with Gasteiger partial charge >= 0.3 is 0 Å². The third-order valence-electron chi connectivity index (χ3n) is 6.58. The van der Waals surface area contributed by atoms with Crippen LogP contribution in [0, 0.1) is 0 Å². The number of hydrogen-bond acceptors (Lipinski definition) is 5. The standard InChI is InChI=1S/C24H28N2O4.CH4/c1-4-30-24-12-17-15(9-23(24)29-3)7-8-25-13-22-19(11-21(17)25)18-10-16(28-2)5-6-20(18)26(22)14-27;/h5-6,9-10,12,21,27H,4,7-8,11,13-14H2,1-3H3;1H4. The molecule has 0 amide bonds. The third kappa shape index (κ3) is 3.34. The first-order valence-electron chi connectivity index (χ1n) is 10.5. The maximum atomic E-state index is 10.1. The van der Waals surface area contributed by atoms with Crippen molar-refractivity contribution < 1.29 is 19.3 Å². The molecule has 5 rings (SSSR count). The molecule has 2 aromatic carbocycles. The van der Waals surface area contributed by atoms with Gasteiger partial charge in [-0.25, -0.2) is 0 Å². The van der Waals surface area contributed by atoms with E-state index in [1.54, 1.807) is 14.2 Å². The molecule has 6 nitrogen and oxygen atoms in total. The summed E-state index contributed by atoms with van der Waals surface area (Å²) >= 11 is 0. The Hall–Kier alpha value is -2.70. The molecule has 1 aromatic heterocycles. The van der Waals surface area contributed by atoms with Crippen molar-refractivity contribution in [3.63, 3.8) is 0 Å². The first-order chi connectivity index (χ1) is 14.7. The van der Waals surface area contributed by atoms with Crippen molar-refractivity contribution in [1.82, 2.24) is 9.47 Å². The van der Waals surface area contributed by atoms with E-state index in [-0.39, 0.29) is 20.2 Å². The van der Waals surface area contributed by atoms with Crippen LogP contribution >= 0.6 is 0 Å². The summed E-state index contributed by atoms with van der Waals surface area (Å²) in [4.78, 5) is 2.52. The summed E-state index contributed by atoms with van der Waals surface area (Å²) in [5.41, 5.74) is 6.24. The molecular weight excluding hydrogens is 392 g/mol. The van der Waals surface area contributed by atoms with Gasteiger partial charge in [-0.3, -0.25) is 4.90 Å². The first-order valence-corrected chi connectivity index (χ1v) is 10.5. The van der Waals surface area contributed by atoms with Gasteiger partial charge in [-0.2, -0.15) is 0 Å². The number of fused-ring (bicyclic) bond motifs is 6. The molecule has 0 fully saturated rings. The molecular formula is C25H32N2O4. The molecule has 166 valence electrons. The number of aliphatic hydroxyl groups excluding tert-OH is 1. The molecule has 1 unspecified atom stereocenters. The zero-order valence-electron chi connectivity index (χ0n) is 17.8. The van der Waals surface area contributed by atoms with Gasteiger partial charge in [-0.15, -0.1) is 0 Å². The predicted molar refractivity (Wildman–Crippen MR) is 122 cm³/mol. The maximum Gasteiger partial charge on any atom is 0.161 e. The first kappa shape index (κ1) is 21.5. The molecule has 31 heavy (non-hydrogen) atoms. The van der Waals surface area contributed by atoms with Crippen LogP contribution < -0.4 is 14.2 Å². The molecule has 6 heteroatoms. The molecule has 0 saturated heterocycles. The maximum absolute atomic E-state index is 10.1. The van der Waals surface area contributed by atoms with Crippen LogP contribution in [0.15, 0.2) is 30.3 Å². The number of hydrogen-bond donors (Lipinski definition) is 1. The van der Waals surface area contributed by atoms with Crippen LogP contribution in [0.4, 0.5) is 0 Å². The molecule has 0 aliphatic carbocycles. The highest BCUT2D eigenvalue weighted by atomic mass is 16.5. The van der Waals surface area contributed by atoms with E-state index in [4.69, 9.17) is 14.2 Å². The fourth-order valence-corrected chi connectivity index (χ4v) is 5.16. The number of methoxy groups -OCH3 is 2. The second-order valence-electron chi connectivity index (χ2n) is 7.95. The summed E-state index contributed by atoms with van der Waals surface area (Å²) in [6, 6.07) is 10.7. The molecule has 0 bridgehead atoms. The summed E-state index contributed by atoms with van der Waals surface area (Å²) < 4.78 is 19.0. The Kier molecular flexibility index (Phi) is 5.86. The number of aromatic nitrogens is 1. The fourth-order valence-electron chi connectivity index (χ4n) is 5.16. The van der Waals surface area contributed by atoms with Crippen LogP contribution in [0.5, 0.6) is 17.2 Å². The zero-order chi connectivity index (χ0) is 20.8. The Morgan fingerprint density at radius 1 is 1.10 bits per heavy atom. The average molecular weight is 425 g/mol. The fraction of sp³-hybridized carbons (Fsp3) is 0.440. The van der Waals surface area contributed by atoms with Crippen LogP contribution in [0.25, 0.3) is 10.9 Å². The van der Waals surface area contributed by atoms with E-state index in [1.807, 2.05) is 23.6 Å². The molecule has 2 aliphatic rings. The molecule has 0 spiro atoms. The van der Waals surface area contributed by atoms with E-state index >= 15 is 0 Å². The van der Waals surface area contributed by atoms with Crippen LogP contribution in [0.3, 0.4) is 0 Å². The average Bonchev–Trinajstić information content (AvgIpc) is 3.09. The van der Waals surface area contributed by atoms with Crippen LogP contribution in [0.2, 0.25) is 0 Å². The highest BCUT2D eigenvalue weighted by Gasteiger charge is 2.36. The van der Waals surface area contributed by atoms with E-state index in [2.05, 4.69) is 23.1 Å². The monoisotopic (exact) mass is 424 g/mol. The Balaban J connectivity index is 0.00000231. The minimum Gasteiger partial charge on any atom is -0.497 e. The van der Waals surface area contributed by atoms with Crippen molar-refractivity contribution in [1.29, 1.82) is 0 Å². The number of benzene rings is 2. The highest BCUT2D eigenvalue weighted by molar-refractivity contribution is 5.87. The SMILES string of the molecule is C.CCOc1cc2c(cc1OC)CCN1Cc3c(c4cc(OC)ccc4n3CO)CC21. The molecule has 3 aromatic rings. The van der Waals surface area contributed by atoms with Crippen molar-refractivity contribution in [2.45, 2.75) is 46.5 Å². The Morgan fingerprint density at radius 3 is 2.65 bits per heavy atom. The van der Waals surface area contributed by atoms with E-state index in [1.165, 1.54) is 27.8 Å². The molecule has 3 heterocycles. The molecule has 0 saturated carbocycles. The smallest absolute Gasteiger partial charge is 0.161 e. The highest BCUT2D eigenvalue weighted by Crippen LogP contribution is 2.45. The van der Waals surface area contributed by atoms with E-state index in [0.717, 1.165) is 48.7 Å². The molecule has 0 radical (unpaired) electrons. The van der Waals surface area contributed by atoms with Gasteiger partial charge < -0.3 is 23.9 Å². The van der Waals surface area contributed by atoms with Crippen molar-refractivity contribution in [2.75, 3.05) is 27.4 Å². The van der Waals surface area contributed by atoms with Gasteiger partial charge in [0.05, 0.1) is 26.3 Å². The lowest BCUT2D eigenvalue weighted by molar-refractivity contribution is 0.145. The van der Waals surface area contributed by atoms with Crippen molar-refractivity contribution >= 4 is 10.9 Å². The number of aliphatic hydroxyl groups is 1. The molecule has 2 aliphatic heterocycles. The largest absolute Gasteiger partial charge is 0.497 e. The van der Waals surface area contributed by atoms with E-state index in [0.29, 0.717) is 6.61 Å². The van der Waals surface area contributed by atoms with E-state index < -0.39 is 0 Å². The van der Waals surface area contributed by atoms with Gasteiger partial charge in [-0.05, 0) is 66.8 Å². The minimum atomic E-state index is -0.0149. The lowest BCUT2D eigenvalue weighted by atomic mass is 9.85. The Bertz CT molecular complexity index is 1100. The lowest BCUT2D eigenvalue weighted by Gasteiger charge is -2.41. The second-order valence-corrected chi connectivity index (χ2v) is 7.95. The quantitative estimate of drug-likeness (QED) is 0.662. The van der Waals surface area contributed by atoms with Gasteiger partial charge in [0.25, 0.3) is 0 Å². The number of rotatable bonds is 5. The summed E-state index contributed by atoms with van der Waals surface area (Å²) in [6.07, 6.45) is 1.88. The van der Waals surface area contributed by atoms with Gasteiger partial charge in [0.15, 0.2) is 11.5 Å². The second kappa shape index (κ2) is 8.44. The molecule has 1 N–H and O–H groups in total. The molecule has 1 atom stereocenters. The summed E-state index contributed by atoms with van der Waals surface area (Å²) in [5.74, 6) is 2.46. The lowest BCUT2D eigenvalue weighted by Crippen LogP contribution is -2.39. The van der Waals surface area contributed by atoms with Crippen molar-refractivity contribution in [3.8, 4) is 17.2 Å². The van der Waals surface area contributed by atoms with Crippen molar-refractivity contribution in [3.05, 3.63) is 52.7 Å². The van der Waals surface area contributed by atoms with Gasteiger partial charge in [-0.1, -0.05) is 7.43 Å². The Morgan fingerprint density at radius 2 is 1.94 bits per heavy atom. The number of ether oxygens (including phenoxy) is 3. The van der Waals surface area contributed by atoms with Crippen molar-refractivity contribution in [2.24, 2.45) is 0 Å². The summed E-state index contributed by atoms with van der Waals surface area (Å²) in [7, 11) is 3.39. The van der Waals surface area contributed by atoms with Gasteiger partial charge in [0.2, 0.25) is 0 Å². The predicted octanol–water partition coefficient (Wildman–Crippen LogP) is 4.30.